The first-order valence-electron chi connectivity index (χ1n) is 20.3. The highest BCUT2D eigenvalue weighted by Crippen LogP contribution is 2.46. The first-order valence-corrected chi connectivity index (χ1v) is 22.0. The van der Waals surface area contributed by atoms with Gasteiger partial charge < -0.3 is 4.90 Å². The maximum absolute atomic E-state index is 2.45. The second-order valence-electron chi connectivity index (χ2n) is 15.3. The van der Waals surface area contributed by atoms with Crippen LogP contribution in [-0.4, -0.2) is 4.40 Å². The third kappa shape index (κ3) is 5.76. The summed E-state index contributed by atoms with van der Waals surface area (Å²) in [5.41, 5.74) is 15.7. The highest BCUT2D eigenvalue weighted by Gasteiger charge is 2.20. The Bertz CT molecular complexity index is 3500. The highest BCUT2D eigenvalue weighted by molar-refractivity contribution is 7.26. The Kier molecular flexibility index (Phi) is 8.25. The van der Waals surface area contributed by atoms with Gasteiger partial charge >= 0.3 is 0 Å². The summed E-state index contributed by atoms with van der Waals surface area (Å²) in [6.07, 6.45) is 0. The van der Waals surface area contributed by atoms with Crippen LogP contribution in [0.15, 0.2) is 218 Å². The van der Waals surface area contributed by atoms with Gasteiger partial charge in [0.2, 0.25) is 0 Å². The van der Waals surface area contributed by atoms with Crippen molar-refractivity contribution in [3.05, 3.63) is 218 Å². The lowest BCUT2D eigenvalue weighted by atomic mass is 10.00. The zero-order chi connectivity index (χ0) is 39.6. The van der Waals surface area contributed by atoms with Gasteiger partial charge in [0.15, 0.2) is 0 Å². The molecular formula is C56H36N2S2. The topological polar surface area (TPSA) is 7.65 Å². The molecule has 0 atom stereocenters. The van der Waals surface area contributed by atoms with E-state index in [1.54, 1.807) is 0 Å². The largest absolute Gasteiger partial charge is 0.309 e. The molecule has 12 aromatic rings. The molecule has 0 saturated carbocycles. The van der Waals surface area contributed by atoms with Crippen LogP contribution in [0.1, 0.15) is 0 Å². The van der Waals surface area contributed by atoms with Crippen LogP contribution in [0.3, 0.4) is 0 Å². The maximum atomic E-state index is 2.45. The van der Waals surface area contributed by atoms with E-state index in [4.69, 9.17) is 0 Å². The molecule has 0 fully saturated rings. The highest BCUT2D eigenvalue weighted by atomic mass is 32.1. The molecule has 0 saturated heterocycles. The van der Waals surface area contributed by atoms with Crippen LogP contribution in [0.4, 0.5) is 17.1 Å². The molecule has 0 aliphatic carbocycles. The molecular weight excluding hydrogens is 765 g/mol. The number of fused-ring (bicyclic) bond motifs is 8. The van der Waals surface area contributed by atoms with Crippen molar-refractivity contribution in [2.45, 2.75) is 0 Å². The third-order valence-electron chi connectivity index (χ3n) is 11.8. The van der Waals surface area contributed by atoms with Gasteiger partial charge in [-0.15, -0.1) is 22.7 Å². The number of aromatic nitrogens is 1. The van der Waals surface area contributed by atoms with Crippen LogP contribution in [-0.2, 0) is 0 Å². The summed E-state index contributed by atoms with van der Waals surface area (Å²) in [4.78, 5) is 3.71. The first kappa shape index (κ1) is 34.8. The Morgan fingerprint density at radius 1 is 0.333 bits per heavy atom. The molecule has 2 nitrogen and oxygen atoms in total. The molecule has 0 spiro atoms. The van der Waals surface area contributed by atoms with E-state index in [9.17, 15) is 0 Å². The number of thiazole rings is 1. The Hall–Kier alpha value is -7.24. The van der Waals surface area contributed by atoms with E-state index in [0.29, 0.717) is 0 Å². The molecule has 0 N–H and O–H groups in total. The van der Waals surface area contributed by atoms with Gasteiger partial charge in [0.05, 0.1) is 26.1 Å². The predicted octanol–water partition coefficient (Wildman–Crippen LogP) is 16.8. The predicted molar refractivity (Wildman–Crippen MR) is 260 cm³/mol. The summed E-state index contributed by atoms with van der Waals surface area (Å²) in [5.74, 6) is 0. The number of thiophene rings is 1. The standard InChI is InChI=1S/C56H36N2S2/c1-3-12-37(13-4-1)38-22-24-39(25-23-38)40-26-31-44(32-27-40)57(51-20-11-18-47-46-16-8-10-21-52(46)59-55(47)51)45-33-28-41(29-34-45)43-30-35-50-53(36-43)60-56-54(42-14-5-2-6-15-42)48-17-7-9-19-49(48)58(50)56/h1-36H. The molecule has 4 heteroatoms. The molecule has 60 heavy (non-hydrogen) atoms. The Balaban J connectivity index is 0.937. The molecule has 3 aromatic heterocycles. The Morgan fingerprint density at radius 3 is 1.53 bits per heavy atom. The molecule has 282 valence electrons. The van der Waals surface area contributed by atoms with Gasteiger partial charge in [0, 0.05) is 37.8 Å². The van der Waals surface area contributed by atoms with Crippen LogP contribution in [0.5, 0.6) is 0 Å². The summed E-state index contributed by atoms with van der Waals surface area (Å²) >= 11 is 3.74. The lowest BCUT2D eigenvalue weighted by Crippen LogP contribution is -2.10. The minimum atomic E-state index is 1.12. The van der Waals surface area contributed by atoms with Crippen molar-refractivity contribution < 1.29 is 0 Å². The quantitative estimate of drug-likeness (QED) is 0.156. The van der Waals surface area contributed by atoms with Gasteiger partial charge in [-0.25, -0.2) is 0 Å². The van der Waals surface area contributed by atoms with Crippen molar-refractivity contribution in [3.63, 3.8) is 0 Å². The Labute approximate surface area is 356 Å². The fourth-order valence-corrected chi connectivity index (χ4v) is 11.4. The summed E-state index contributed by atoms with van der Waals surface area (Å²) in [6.45, 7) is 0. The van der Waals surface area contributed by atoms with Crippen LogP contribution < -0.4 is 4.90 Å². The molecule has 0 unspecified atom stereocenters. The fourth-order valence-electron chi connectivity index (χ4n) is 8.93. The SMILES string of the molecule is c1ccc(-c2ccc(-c3ccc(N(c4ccc(-c5ccc6c(c5)sc5c(-c7ccccc7)c7ccccc7n56)cc4)c4cccc5c4sc4ccccc45)cc3)cc2)cc1. The van der Waals surface area contributed by atoms with E-state index in [0.717, 1.165) is 11.4 Å². The van der Waals surface area contributed by atoms with Gasteiger partial charge in [0.25, 0.3) is 0 Å². The zero-order valence-corrected chi connectivity index (χ0v) is 34.1. The molecule has 0 radical (unpaired) electrons. The molecule has 0 aliphatic rings. The van der Waals surface area contributed by atoms with Crippen LogP contribution in [0, 0.1) is 0 Å². The average Bonchev–Trinajstić information content (AvgIpc) is 3.99. The number of rotatable bonds is 7. The van der Waals surface area contributed by atoms with E-state index < -0.39 is 0 Å². The van der Waals surface area contributed by atoms with Gasteiger partial charge in [-0.1, -0.05) is 164 Å². The zero-order valence-electron chi connectivity index (χ0n) is 32.5. The van der Waals surface area contributed by atoms with E-state index in [1.807, 2.05) is 22.7 Å². The minimum absolute atomic E-state index is 1.12. The maximum Gasteiger partial charge on any atom is 0.109 e. The van der Waals surface area contributed by atoms with Crippen molar-refractivity contribution >= 4 is 85.9 Å². The number of anilines is 3. The number of hydrogen-bond acceptors (Lipinski definition) is 3. The third-order valence-corrected chi connectivity index (χ3v) is 14.2. The lowest BCUT2D eigenvalue weighted by molar-refractivity contribution is 1.30. The van der Waals surface area contributed by atoms with Crippen LogP contribution >= 0.6 is 22.7 Å². The van der Waals surface area contributed by atoms with E-state index >= 15 is 0 Å². The summed E-state index contributed by atoms with van der Waals surface area (Å²) < 4.78 is 6.31. The molecule has 0 amide bonds. The number of benzene rings is 9. The monoisotopic (exact) mass is 800 g/mol. The average molecular weight is 801 g/mol. The number of hydrogen-bond donors (Lipinski definition) is 0. The summed E-state index contributed by atoms with van der Waals surface area (Å²) in [6, 6.07) is 79.6. The van der Waals surface area contributed by atoms with Gasteiger partial charge in [-0.05, 0) is 93.5 Å². The van der Waals surface area contributed by atoms with E-state index in [1.165, 1.54) is 96.3 Å². The number of nitrogens with zero attached hydrogens (tertiary/aromatic N) is 2. The molecule has 3 heterocycles. The molecule has 9 aromatic carbocycles. The molecule has 0 bridgehead atoms. The molecule has 0 aliphatic heterocycles. The van der Waals surface area contributed by atoms with E-state index in [2.05, 4.69) is 228 Å². The molecule has 12 rings (SSSR count). The first-order chi connectivity index (χ1) is 29.7. The van der Waals surface area contributed by atoms with Crippen molar-refractivity contribution in [1.29, 1.82) is 0 Å². The summed E-state index contributed by atoms with van der Waals surface area (Å²) in [7, 11) is 0. The van der Waals surface area contributed by atoms with Gasteiger partial charge in [-0.2, -0.15) is 0 Å². The van der Waals surface area contributed by atoms with Crippen molar-refractivity contribution in [2.24, 2.45) is 0 Å². The van der Waals surface area contributed by atoms with Crippen molar-refractivity contribution in [2.75, 3.05) is 4.90 Å². The van der Waals surface area contributed by atoms with Crippen molar-refractivity contribution in [3.8, 4) is 44.5 Å². The normalized spacial score (nSPS) is 11.7. The second-order valence-corrected chi connectivity index (χ2v) is 17.4. The lowest BCUT2D eigenvalue weighted by Gasteiger charge is -2.26. The Morgan fingerprint density at radius 2 is 0.850 bits per heavy atom. The van der Waals surface area contributed by atoms with Crippen LogP contribution in [0.25, 0.3) is 90.6 Å². The van der Waals surface area contributed by atoms with Gasteiger partial charge in [0.1, 0.15) is 4.83 Å². The number of para-hydroxylation sites is 1. The smallest absolute Gasteiger partial charge is 0.109 e. The van der Waals surface area contributed by atoms with Crippen LogP contribution in [0.2, 0.25) is 0 Å². The van der Waals surface area contributed by atoms with Gasteiger partial charge in [-0.3, -0.25) is 4.40 Å². The van der Waals surface area contributed by atoms with E-state index in [-0.39, 0.29) is 0 Å². The second kappa shape index (κ2) is 14.2. The minimum Gasteiger partial charge on any atom is -0.309 e. The fraction of sp³-hybridized carbons (Fsp3) is 0. The van der Waals surface area contributed by atoms with Crippen molar-refractivity contribution in [1.82, 2.24) is 4.40 Å². The summed E-state index contributed by atoms with van der Waals surface area (Å²) in [5, 5.41) is 3.88.